The first-order valence-corrected chi connectivity index (χ1v) is 10.1. The number of allylic oxidation sites excluding steroid dienone is 1. The highest BCUT2D eigenvalue weighted by molar-refractivity contribution is 7.99. The van der Waals surface area contributed by atoms with Crippen LogP contribution in [0.4, 0.5) is 5.69 Å². The Morgan fingerprint density at radius 3 is 2.81 bits per heavy atom. The minimum atomic E-state index is -0.106. The molecule has 0 radical (unpaired) electrons. The van der Waals surface area contributed by atoms with E-state index in [2.05, 4.69) is 28.2 Å². The van der Waals surface area contributed by atoms with E-state index >= 15 is 0 Å². The lowest BCUT2D eigenvalue weighted by atomic mass is 10.3. The van der Waals surface area contributed by atoms with E-state index < -0.39 is 0 Å². The number of hydrogen-bond acceptors (Lipinski definition) is 5. The summed E-state index contributed by atoms with van der Waals surface area (Å²) in [6, 6.07) is 11.1. The lowest BCUT2D eigenvalue weighted by molar-refractivity contribution is -0.113. The molecule has 26 heavy (non-hydrogen) atoms. The summed E-state index contributed by atoms with van der Waals surface area (Å²) in [4.78, 5) is 13.4. The molecule has 1 N–H and O–H groups in total. The first-order valence-electron chi connectivity index (χ1n) is 7.89. The minimum Gasteiger partial charge on any atom is -0.325 e. The van der Waals surface area contributed by atoms with Crippen molar-refractivity contribution in [2.75, 3.05) is 11.1 Å². The molecule has 2 heterocycles. The predicted octanol–water partition coefficient (Wildman–Crippen LogP) is 4.50. The maximum absolute atomic E-state index is 12.2. The Morgan fingerprint density at radius 2 is 2.12 bits per heavy atom. The molecule has 2 aromatic heterocycles. The van der Waals surface area contributed by atoms with Crippen molar-refractivity contribution in [2.45, 2.75) is 18.1 Å². The van der Waals surface area contributed by atoms with E-state index in [0.717, 1.165) is 12.2 Å². The number of carbonyl (C=O) groups is 1. The SMILES string of the molecule is C=CCn1c(Cc2cccs2)nnc1SCC(=O)Nc1ccc(Cl)cc1. The van der Waals surface area contributed by atoms with Gasteiger partial charge < -0.3 is 9.88 Å². The van der Waals surface area contributed by atoms with Gasteiger partial charge in [-0.2, -0.15) is 0 Å². The van der Waals surface area contributed by atoms with Gasteiger partial charge in [0.05, 0.1) is 5.75 Å². The van der Waals surface area contributed by atoms with Gasteiger partial charge in [-0.05, 0) is 35.7 Å². The Morgan fingerprint density at radius 1 is 1.31 bits per heavy atom. The van der Waals surface area contributed by atoms with Gasteiger partial charge >= 0.3 is 0 Å². The molecular formula is C18H17ClN4OS2. The van der Waals surface area contributed by atoms with Crippen LogP contribution in [-0.4, -0.2) is 26.4 Å². The van der Waals surface area contributed by atoms with Crippen LogP contribution in [0.3, 0.4) is 0 Å². The number of nitrogens with one attached hydrogen (secondary N) is 1. The van der Waals surface area contributed by atoms with E-state index in [1.807, 2.05) is 16.0 Å². The summed E-state index contributed by atoms with van der Waals surface area (Å²) in [5.74, 6) is 1.01. The van der Waals surface area contributed by atoms with Crippen molar-refractivity contribution >= 4 is 46.3 Å². The normalized spacial score (nSPS) is 10.7. The van der Waals surface area contributed by atoms with Gasteiger partial charge in [-0.1, -0.05) is 35.5 Å². The molecule has 0 aliphatic rings. The molecule has 0 saturated carbocycles. The molecule has 134 valence electrons. The molecule has 0 atom stereocenters. The maximum atomic E-state index is 12.2. The number of thiophene rings is 1. The van der Waals surface area contributed by atoms with Gasteiger partial charge in [0.25, 0.3) is 0 Å². The Labute approximate surface area is 165 Å². The highest BCUT2D eigenvalue weighted by Gasteiger charge is 2.14. The molecule has 3 aromatic rings. The summed E-state index contributed by atoms with van der Waals surface area (Å²) in [7, 11) is 0. The third kappa shape index (κ3) is 4.97. The monoisotopic (exact) mass is 404 g/mol. The summed E-state index contributed by atoms with van der Waals surface area (Å²) >= 11 is 8.89. The number of nitrogens with zero attached hydrogens (tertiary/aromatic N) is 3. The van der Waals surface area contributed by atoms with Gasteiger partial charge in [0.1, 0.15) is 5.82 Å². The molecule has 3 rings (SSSR count). The topological polar surface area (TPSA) is 59.8 Å². The first kappa shape index (κ1) is 18.7. The smallest absolute Gasteiger partial charge is 0.234 e. The van der Waals surface area contributed by atoms with Crippen LogP contribution in [0.2, 0.25) is 5.02 Å². The fourth-order valence-electron chi connectivity index (χ4n) is 2.30. The molecular weight excluding hydrogens is 388 g/mol. The van der Waals surface area contributed by atoms with Crippen molar-refractivity contribution in [3.8, 4) is 0 Å². The van der Waals surface area contributed by atoms with Gasteiger partial charge in [-0.25, -0.2) is 0 Å². The highest BCUT2D eigenvalue weighted by Crippen LogP contribution is 2.21. The zero-order chi connectivity index (χ0) is 18.4. The van der Waals surface area contributed by atoms with Crippen molar-refractivity contribution in [3.63, 3.8) is 0 Å². The zero-order valence-electron chi connectivity index (χ0n) is 13.9. The van der Waals surface area contributed by atoms with E-state index in [9.17, 15) is 4.79 Å². The van der Waals surface area contributed by atoms with Crippen molar-refractivity contribution in [2.24, 2.45) is 0 Å². The number of anilines is 1. The Bertz CT molecular complexity index is 875. The molecule has 0 spiro atoms. The molecule has 1 amide bonds. The van der Waals surface area contributed by atoms with Crippen LogP contribution in [-0.2, 0) is 17.8 Å². The standard InChI is InChI=1S/C18H17ClN4OS2/c1-2-9-23-16(11-15-4-3-10-25-15)21-22-18(23)26-12-17(24)20-14-7-5-13(19)6-8-14/h2-8,10H,1,9,11-12H2,(H,20,24). The average molecular weight is 405 g/mol. The fraction of sp³-hybridized carbons (Fsp3) is 0.167. The van der Waals surface area contributed by atoms with Gasteiger partial charge in [0, 0.05) is 28.6 Å². The number of thioether (sulfide) groups is 1. The van der Waals surface area contributed by atoms with Gasteiger partial charge in [0.15, 0.2) is 5.16 Å². The summed E-state index contributed by atoms with van der Waals surface area (Å²) in [6.45, 7) is 4.41. The lowest BCUT2D eigenvalue weighted by Gasteiger charge is -2.08. The van der Waals surface area contributed by atoms with E-state index in [1.54, 1.807) is 41.7 Å². The second-order valence-corrected chi connectivity index (χ2v) is 7.81. The van der Waals surface area contributed by atoms with Gasteiger partial charge in [-0.15, -0.1) is 28.1 Å². The number of halogens is 1. The Kier molecular flexibility index (Phi) is 6.49. The quantitative estimate of drug-likeness (QED) is 0.443. The fourth-order valence-corrected chi connectivity index (χ4v) is 3.89. The van der Waals surface area contributed by atoms with Crippen molar-refractivity contribution in [1.82, 2.24) is 14.8 Å². The van der Waals surface area contributed by atoms with Crippen LogP contribution < -0.4 is 5.32 Å². The number of carbonyl (C=O) groups excluding carboxylic acids is 1. The van der Waals surface area contributed by atoms with Crippen LogP contribution in [0.5, 0.6) is 0 Å². The molecule has 0 bridgehead atoms. The van der Waals surface area contributed by atoms with Gasteiger partial charge in [0.2, 0.25) is 5.91 Å². The second-order valence-electron chi connectivity index (χ2n) is 5.40. The number of aromatic nitrogens is 3. The second kappa shape index (κ2) is 9.02. The third-order valence-corrected chi connectivity index (χ3v) is 5.57. The van der Waals surface area contributed by atoms with Crippen molar-refractivity contribution in [1.29, 1.82) is 0 Å². The number of rotatable bonds is 8. The van der Waals surface area contributed by atoms with E-state index in [1.165, 1.54) is 16.6 Å². The third-order valence-electron chi connectivity index (χ3n) is 3.48. The molecule has 5 nitrogen and oxygen atoms in total. The maximum Gasteiger partial charge on any atom is 0.234 e. The number of benzene rings is 1. The molecule has 0 aliphatic carbocycles. The molecule has 0 fully saturated rings. The first-order chi connectivity index (χ1) is 12.7. The zero-order valence-corrected chi connectivity index (χ0v) is 16.3. The molecule has 0 saturated heterocycles. The lowest BCUT2D eigenvalue weighted by Crippen LogP contribution is -2.14. The van der Waals surface area contributed by atoms with Crippen LogP contribution in [0.1, 0.15) is 10.7 Å². The van der Waals surface area contributed by atoms with Crippen molar-refractivity contribution in [3.05, 3.63) is 70.2 Å². The minimum absolute atomic E-state index is 0.106. The number of amides is 1. The van der Waals surface area contributed by atoms with Crippen LogP contribution in [0.15, 0.2) is 59.6 Å². The summed E-state index contributed by atoms with van der Waals surface area (Å²) in [5, 5.41) is 14.8. The largest absolute Gasteiger partial charge is 0.325 e. The molecule has 0 aliphatic heterocycles. The average Bonchev–Trinajstić information content (AvgIpc) is 3.27. The molecule has 0 unspecified atom stereocenters. The Hall–Kier alpha value is -2.09. The van der Waals surface area contributed by atoms with E-state index in [4.69, 9.17) is 11.6 Å². The number of hydrogen-bond donors (Lipinski definition) is 1. The van der Waals surface area contributed by atoms with Crippen LogP contribution in [0, 0.1) is 0 Å². The molecule has 1 aromatic carbocycles. The van der Waals surface area contributed by atoms with Crippen molar-refractivity contribution < 1.29 is 4.79 Å². The molecule has 8 heteroatoms. The summed E-state index contributed by atoms with van der Waals surface area (Å²) in [6.07, 6.45) is 2.52. The Balaban J connectivity index is 1.63. The van der Waals surface area contributed by atoms with Gasteiger partial charge in [-0.3, -0.25) is 4.79 Å². The summed E-state index contributed by atoms with van der Waals surface area (Å²) in [5.41, 5.74) is 0.714. The van der Waals surface area contributed by atoms with Crippen LogP contribution >= 0.6 is 34.7 Å². The van der Waals surface area contributed by atoms with E-state index in [-0.39, 0.29) is 11.7 Å². The van der Waals surface area contributed by atoms with E-state index in [0.29, 0.717) is 22.4 Å². The summed E-state index contributed by atoms with van der Waals surface area (Å²) < 4.78 is 1.99. The van der Waals surface area contributed by atoms with Crippen LogP contribution in [0.25, 0.3) is 0 Å². The predicted molar refractivity (Wildman–Crippen MR) is 108 cm³/mol. The highest BCUT2D eigenvalue weighted by atomic mass is 35.5.